The molecule has 4 heteroatoms. The summed E-state index contributed by atoms with van der Waals surface area (Å²) in [7, 11) is 0. The van der Waals surface area contributed by atoms with Gasteiger partial charge in [-0.3, -0.25) is 0 Å². The third-order valence-corrected chi connectivity index (χ3v) is 4.09. The zero-order valence-corrected chi connectivity index (χ0v) is 13.4. The highest BCUT2D eigenvalue weighted by Gasteiger charge is 2.18. The summed E-state index contributed by atoms with van der Waals surface area (Å²) in [4.78, 5) is 0. The van der Waals surface area contributed by atoms with E-state index in [0.717, 1.165) is 37.2 Å². The van der Waals surface area contributed by atoms with Crippen molar-refractivity contribution in [3.63, 3.8) is 0 Å². The normalized spacial score (nSPS) is 20.1. The Hall–Kier alpha value is -1.26. The Bertz CT molecular complexity index is 446. The van der Waals surface area contributed by atoms with Gasteiger partial charge in [0.2, 0.25) is 0 Å². The Morgan fingerprint density at radius 3 is 2.90 bits per heavy atom. The first-order valence-electron chi connectivity index (χ1n) is 8.06. The molecule has 0 saturated heterocycles. The molecule has 0 amide bonds. The monoisotopic (exact) mass is 292 g/mol. The minimum atomic E-state index is 0.185. The predicted molar refractivity (Wildman–Crippen MR) is 87.1 cm³/mol. The van der Waals surface area contributed by atoms with Crippen molar-refractivity contribution < 1.29 is 9.84 Å². The van der Waals surface area contributed by atoms with Crippen molar-refractivity contribution in [1.29, 1.82) is 0 Å². The average molecular weight is 292 g/mol. The fourth-order valence-corrected chi connectivity index (χ4v) is 2.73. The van der Waals surface area contributed by atoms with Crippen LogP contribution in [-0.4, -0.2) is 36.4 Å². The van der Waals surface area contributed by atoms with Gasteiger partial charge < -0.3 is 20.5 Å². The molecule has 0 aliphatic carbocycles. The molecule has 1 aliphatic rings. The van der Waals surface area contributed by atoms with Gasteiger partial charge in [0, 0.05) is 12.1 Å². The molecule has 2 rings (SSSR count). The molecule has 3 unspecified atom stereocenters. The van der Waals surface area contributed by atoms with Crippen LogP contribution in [-0.2, 0) is 6.42 Å². The quantitative estimate of drug-likeness (QED) is 0.723. The first kappa shape index (κ1) is 16.1. The van der Waals surface area contributed by atoms with Crippen LogP contribution >= 0.6 is 0 Å². The van der Waals surface area contributed by atoms with Gasteiger partial charge in [0.25, 0.3) is 0 Å². The lowest BCUT2D eigenvalue weighted by molar-refractivity contribution is 0.201. The van der Waals surface area contributed by atoms with Crippen LogP contribution in [0, 0.1) is 0 Å². The highest BCUT2D eigenvalue weighted by molar-refractivity contribution is 5.59. The minimum Gasteiger partial charge on any atom is -0.486 e. The van der Waals surface area contributed by atoms with E-state index in [4.69, 9.17) is 4.74 Å². The molecule has 0 radical (unpaired) electrons. The van der Waals surface area contributed by atoms with E-state index in [1.54, 1.807) is 0 Å². The first-order chi connectivity index (χ1) is 10.2. The van der Waals surface area contributed by atoms with Gasteiger partial charge in [0.1, 0.15) is 11.9 Å². The number of rotatable bonds is 7. The lowest BCUT2D eigenvalue weighted by Crippen LogP contribution is -2.39. The van der Waals surface area contributed by atoms with Crippen LogP contribution in [0.25, 0.3) is 0 Å². The Kier molecular flexibility index (Phi) is 5.88. The van der Waals surface area contributed by atoms with Gasteiger partial charge in [0.15, 0.2) is 0 Å². The number of fused-ring (bicyclic) bond motifs is 1. The van der Waals surface area contributed by atoms with E-state index in [1.165, 1.54) is 5.56 Å². The summed E-state index contributed by atoms with van der Waals surface area (Å²) in [6.45, 7) is 7.46. The molecular weight excluding hydrogens is 264 g/mol. The van der Waals surface area contributed by atoms with E-state index < -0.39 is 0 Å². The number of anilines is 1. The molecule has 21 heavy (non-hydrogen) atoms. The SMILES string of the molecule is CCC(CO)NC(C)Cc1ccc2c(c1)NCC(CC)O2. The van der Waals surface area contributed by atoms with Gasteiger partial charge in [-0.1, -0.05) is 19.9 Å². The van der Waals surface area contributed by atoms with Crippen LogP contribution < -0.4 is 15.4 Å². The highest BCUT2D eigenvalue weighted by atomic mass is 16.5. The van der Waals surface area contributed by atoms with Crippen molar-refractivity contribution in [1.82, 2.24) is 5.32 Å². The topological polar surface area (TPSA) is 53.5 Å². The maximum atomic E-state index is 9.26. The maximum absolute atomic E-state index is 9.26. The molecule has 0 saturated carbocycles. The zero-order chi connectivity index (χ0) is 15.2. The standard InChI is InChI=1S/C17H28N2O2/c1-4-14(11-20)19-12(3)8-13-6-7-17-16(9-13)18-10-15(5-2)21-17/h6-7,9,12,14-15,18-20H,4-5,8,10-11H2,1-3H3. The number of aliphatic hydroxyl groups excluding tert-OH is 1. The predicted octanol–water partition coefficient (Wildman–Crippen LogP) is 2.56. The minimum absolute atomic E-state index is 0.185. The molecule has 0 aromatic heterocycles. The van der Waals surface area contributed by atoms with Crippen molar-refractivity contribution in [2.75, 3.05) is 18.5 Å². The second-order valence-corrected chi connectivity index (χ2v) is 5.92. The molecule has 3 N–H and O–H groups in total. The second kappa shape index (κ2) is 7.66. The fourth-order valence-electron chi connectivity index (χ4n) is 2.73. The summed E-state index contributed by atoms with van der Waals surface area (Å²) >= 11 is 0. The van der Waals surface area contributed by atoms with Gasteiger partial charge in [-0.15, -0.1) is 0 Å². The Morgan fingerprint density at radius 1 is 1.43 bits per heavy atom. The summed E-state index contributed by atoms with van der Waals surface area (Å²) in [5, 5.41) is 16.2. The Morgan fingerprint density at radius 2 is 2.24 bits per heavy atom. The Balaban J connectivity index is 1.96. The van der Waals surface area contributed by atoms with Gasteiger partial charge in [-0.05, 0) is 43.9 Å². The molecule has 118 valence electrons. The van der Waals surface area contributed by atoms with Crippen molar-refractivity contribution in [2.45, 2.75) is 58.2 Å². The molecule has 1 aromatic carbocycles. The summed E-state index contributed by atoms with van der Waals surface area (Å²) in [5.74, 6) is 0.958. The van der Waals surface area contributed by atoms with Crippen LogP contribution in [0.3, 0.4) is 0 Å². The number of hydrogen-bond acceptors (Lipinski definition) is 4. The van der Waals surface area contributed by atoms with Gasteiger partial charge in [-0.25, -0.2) is 0 Å². The fraction of sp³-hybridized carbons (Fsp3) is 0.647. The molecule has 0 fully saturated rings. The van der Waals surface area contributed by atoms with Gasteiger partial charge >= 0.3 is 0 Å². The summed E-state index contributed by atoms with van der Waals surface area (Å²) in [6, 6.07) is 6.91. The number of nitrogens with one attached hydrogen (secondary N) is 2. The summed E-state index contributed by atoms with van der Waals surface area (Å²) in [6.07, 6.45) is 3.19. The molecule has 0 bridgehead atoms. The van der Waals surface area contributed by atoms with Crippen molar-refractivity contribution in [2.24, 2.45) is 0 Å². The molecule has 1 heterocycles. The van der Waals surface area contributed by atoms with Crippen LogP contribution in [0.2, 0.25) is 0 Å². The molecular formula is C17H28N2O2. The maximum Gasteiger partial charge on any atom is 0.142 e. The summed E-state index contributed by atoms with van der Waals surface area (Å²) < 4.78 is 5.93. The number of aliphatic hydroxyl groups is 1. The van der Waals surface area contributed by atoms with E-state index >= 15 is 0 Å². The second-order valence-electron chi connectivity index (χ2n) is 5.92. The van der Waals surface area contributed by atoms with Crippen LogP contribution in [0.15, 0.2) is 18.2 Å². The third-order valence-electron chi connectivity index (χ3n) is 4.09. The van der Waals surface area contributed by atoms with Crippen molar-refractivity contribution in [3.8, 4) is 5.75 Å². The molecule has 3 atom stereocenters. The highest BCUT2D eigenvalue weighted by Crippen LogP contribution is 2.30. The van der Waals surface area contributed by atoms with Crippen LogP contribution in [0.1, 0.15) is 39.2 Å². The first-order valence-corrected chi connectivity index (χ1v) is 8.06. The van der Waals surface area contributed by atoms with Crippen molar-refractivity contribution >= 4 is 5.69 Å². The average Bonchev–Trinajstić information content (AvgIpc) is 2.52. The smallest absolute Gasteiger partial charge is 0.142 e. The van der Waals surface area contributed by atoms with E-state index in [1.807, 2.05) is 0 Å². The lowest BCUT2D eigenvalue weighted by Gasteiger charge is -2.27. The molecule has 4 nitrogen and oxygen atoms in total. The van der Waals surface area contributed by atoms with Crippen molar-refractivity contribution in [3.05, 3.63) is 23.8 Å². The van der Waals surface area contributed by atoms with Gasteiger partial charge in [0.05, 0.1) is 18.8 Å². The van der Waals surface area contributed by atoms with E-state index in [9.17, 15) is 5.11 Å². The van der Waals surface area contributed by atoms with E-state index in [2.05, 4.69) is 49.6 Å². The summed E-state index contributed by atoms with van der Waals surface area (Å²) in [5.41, 5.74) is 2.38. The Labute approximate surface area is 127 Å². The van der Waals surface area contributed by atoms with Crippen LogP contribution in [0.4, 0.5) is 5.69 Å². The number of ether oxygens (including phenoxy) is 1. The molecule has 1 aliphatic heterocycles. The molecule has 0 spiro atoms. The van der Waals surface area contributed by atoms with Gasteiger partial charge in [-0.2, -0.15) is 0 Å². The third kappa shape index (κ3) is 4.35. The molecule has 1 aromatic rings. The lowest BCUT2D eigenvalue weighted by atomic mass is 10.0. The largest absolute Gasteiger partial charge is 0.486 e. The van der Waals surface area contributed by atoms with E-state index in [-0.39, 0.29) is 18.8 Å². The number of benzene rings is 1. The van der Waals surface area contributed by atoms with Crippen LogP contribution in [0.5, 0.6) is 5.75 Å². The zero-order valence-electron chi connectivity index (χ0n) is 13.4. The van der Waals surface area contributed by atoms with E-state index in [0.29, 0.717) is 6.04 Å². The number of hydrogen-bond donors (Lipinski definition) is 3.